The van der Waals surface area contributed by atoms with E-state index in [1.165, 1.54) is 37.9 Å². The van der Waals surface area contributed by atoms with E-state index in [0.29, 0.717) is 0 Å². The number of hydrogen-bond acceptors (Lipinski definition) is 4. The summed E-state index contributed by atoms with van der Waals surface area (Å²) in [5, 5.41) is 10.1. The van der Waals surface area contributed by atoms with Gasteiger partial charge in [-0.2, -0.15) is 0 Å². The van der Waals surface area contributed by atoms with Gasteiger partial charge >= 0.3 is 0 Å². The molecule has 1 aromatic heterocycles. The predicted octanol–water partition coefficient (Wildman–Crippen LogP) is 4.98. The third-order valence-corrected chi connectivity index (χ3v) is 6.23. The third kappa shape index (κ3) is 5.03. The van der Waals surface area contributed by atoms with Gasteiger partial charge in [-0.25, -0.2) is 0 Å². The summed E-state index contributed by atoms with van der Waals surface area (Å²) in [5.74, 6) is 2.10. The van der Waals surface area contributed by atoms with E-state index in [1.807, 2.05) is 11.8 Å². The van der Waals surface area contributed by atoms with Gasteiger partial charge in [0.05, 0.1) is 6.54 Å². The van der Waals surface area contributed by atoms with Gasteiger partial charge < -0.3 is 0 Å². The molecule has 4 rings (SSSR count). The van der Waals surface area contributed by atoms with Gasteiger partial charge in [-0.15, -0.1) is 10.2 Å². The second kappa shape index (κ2) is 9.89. The Hall–Kier alpha value is -2.11. The molecule has 0 saturated carbocycles. The number of piperidine rings is 1. The highest BCUT2D eigenvalue weighted by molar-refractivity contribution is 7.99. The minimum absolute atomic E-state index is 0.881. The smallest absolute Gasteiger partial charge is 0.195 e. The number of para-hydroxylation sites is 1. The Morgan fingerprint density at radius 2 is 1.54 bits per heavy atom. The number of rotatable bonds is 8. The Bertz CT molecular complexity index is 842. The number of thioether (sulfide) groups is 1. The van der Waals surface area contributed by atoms with Crippen LogP contribution in [0, 0.1) is 0 Å². The van der Waals surface area contributed by atoms with Crippen molar-refractivity contribution in [3.8, 4) is 5.69 Å². The van der Waals surface area contributed by atoms with Gasteiger partial charge in [0.1, 0.15) is 0 Å². The van der Waals surface area contributed by atoms with Crippen LogP contribution in [-0.2, 0) is 13.0 Å². The van der Waals surface area contributed by atoms with Gasteiger partial charge in [-0.3, -0.25) is 9.47 Å². The normalized spacial score (nSPS) is 15.0. The van der Waals surface area contributed by atoms with Crippen LogP contribution in [0.25, 0.3) is 5.69 Å². The molecule has 0 spiro atoms. The average molecular weight is 393 g/mol. The number of likely N-dealkylation sites (tertiary alicyclic amines) is 1. The molecule has 0 N–H and O–H groups in total. The van der Waals surface area contributed by atoms with Crippen LogP contribution in [0.1, 0.15) is 37.1 Å². The molecule has 0 bridgehead atoms. The van der Waals surface area contributed by atoms with Gasteiger partial charge in [-0.1, -0.05) is 66.7 Å². The predicted molar refractivity (Wildman–Crippen MR) is 116 cm³/mol. The summed E-state index contributed by atoms with van der Waals surface area (Å²) in [4.78, 5) is 2.51. The molecule has 28 heavy (non-hydrogen) atoms. The minimum Gasteiger partial charge on any atom is -0.296 e. The maximum atomic E-state index is 4.57. The van der Waals surface area contributed by atoms with Crippen LogP contribution in [0.15, 0.2) is 65.8 Å². The van der Waals surface area contributed by atoms with E-state index in [4.69, 9.17) is 0 Å². The van der Waals surface area contributed by atoms with Crippen molar-refractivity contribution in [1.29, 1.82) is 0 Å². The Kier molecular flexibility index (Phi) is 6.79. The lowest BCUT2D eigenvalue weighted by Gasteiger charge is -2.26. The largest absolute Gasteiger partial charge is 0.296 e. The second-order valence-corrected chi connectivity index (χ2v) is 8.41. The fourth-order valence-electron chi connectivity index (χ4n) is 3.73. The van der Waals surface area contributed by atoms with Crippen LogP contribution in [0.4, 0.5) is 0 Å². The fourth-order valence-corrected chi connectivity index (χ4v) is 4.64. The third-order valence-electron chi connectivity index (χ3n) is 5.21. The van der Waals surface area contributed by atoms with E-state index in [0.717, 1.165) is 41.8 Å². The molecule has 5 heteroatoms. The first-order valence-electron chi connectivity index (χ1n) is 10.3. The lowest BCUT2D eigenvalue weighted by molar-refractivity contribution is 0.214. The van der Waals surface area contributed by atoms with Crippen molar-refractivity contribution in [2.75, 3.05) is 18.8 Å². The Morgan fingerprint density at radius 3 is 2.29 bits per heavy atom. The first-order valence-corrected chi connectivity index (χ1v) is 11.3. The Morgan fingerprint density at radius 1 is 0.821 bits per heavy atom. The molecule has 0 radical (unpaired) electrons. The van der Waals surface area contributed by atoms with Gasteiger partial charge in [0.25, 0.3) is 0 Å². The van der Waals surface area contributed by atoms with E-state index in [1.54, 1.807) is 0 Å². The van der Waals surface area contributed by atoms with Crippen molar-refractivity contribution >= 4 is 11.8 Å². The van der Waals surface area contributed by atoms with Crippen LogP contribution < -0.4 is 0 Å². The van der Waals surface area contributed by atoms with Crippen LogP contribution in [0.3, 0.4) is 0 Å². The maximum absolute atomic E-state index is 4.57. The van der Waals surface area contributed by atoms with Gasteiger partial charge in [0.2, 0.25) is 0 Å². The molecular formula is C23H28N4S. The molecule has 2 heterocycles. The van der Waals surface area contributed by atoms with E-state index >= 15 is 0 Å². The quantitative estimate of drug-likeness (QED) is 0.400. The monoisotopic (exact) mass is 392 g/mol. The highest BCUT2D eigenvalue weighted by atomic mass is 32.2. The molecule has 0 aliphatic carbocycles. The van der Waals surface area contributed by atoms with Crippen LogP contribution in [0.2, 0.25) is 0 Å². The molecular weight excluding hydrogens is 364 g/mol. The second-order valence-electron chi connectivity index (χ2n) is 7.34. The van der Waals surface area contributed by atoms with Gasteiger partial charge in [0.15, 0.2) is 11.0 Å². The molecule has 2 aromatic carbocycles. The Balaban J connectivity index is 1.45. The van der Waals surface area contributed by atoms with Gasteiger partial charge in [0, 0.05) is 11.4 Å². The summed E-state index contributed by atoms with van der Waals surface area (Å²) < 4.78 is 2.25. The summed E-state index contributed by atoms with van der Waals surface area (Å²) in [6, 6.07) is 21.2. The number of hydrogen-bond donors (Lipinski definition) is 0. The molecule has 0 atom stereocenters. The van der Waals surface area contributed by atoms with Crippen LogP contribution in [0.5, 0.6) is 0 Å². The number of benzene rings is 2. The van der Waals surface area contributed by atoms with Crippen molar-refractivity contribution in [2.24, 2.45) is 0 Å². The summed E-state index contributed by atoms with van der Waals surface area (Å²) in [7, 11) is 0. The standard InChI is InChI=1S/C23H28N4S/c1-4-11-20(12-5-1)13-10-18-28-23-25-24-22(19-26-16-8-3-9-17-26)27(23)21-14-6-2-7-15-21/h1-2,4-7,11-12,14-15H,3,8-10,13,16-19H2. The van der Waals surface area contributed by atoms with Crippen molar-refractivity contribution in [2.45, 2.75) is 43.8 Å². The maximum Gasteiger partial charge on any atom is 0.195 e. The molecule has 0 amide bonds. The number of aryl methyl sites for hydroxylation is 1. The summed E-state index contributed by atoms with van der Waals surface area (Å²) in [6.45, 7) is 3.22. The zero-order valence-corrected chi connectivity index (χ0v) is 17.2. The fraction of sp³-hybridized carbons (Fsp3) is 0.391. The summed E-state index contributed by atoms with van der Waals surface area (Å²) in [5.41, 5.74) is 2.56. The summed E-state index contributed by atoms with van der Waals surface area (Å²) in [6.07, 6.45) is 6.18. The van der Waals surface area contributed by atoms with Crippen molar-refractivity contribution in [3.63, 3.8) is 0 Å². The number of nitrogens with zero attached hydrogens (tertiary/aromatic N) is 4. The first kappa shape index (κ1) is 19.2. The molecule has 0 unspecified atom stereocenters. The minimum atomic E-state index is 0.881. The molecule has 1 aliphatic rings. The molecule has 1 aliphatic heterocycles. The zero-order valence-electron chi connectivity index (χ0n) is 16.3. The van der Waals surface area contributed by atoms with Crippen LogP contribution >= 0.6 is 11.8 Å². The molecule has 1 saturated heterocycles. The lowest BCUT2D eigenvalue weighted by atomic mass is 10.1. The highest BCUT2D eigenvalue weighted by Crippen LogP contribution is 2.24. The average Bonchev–Trinajstić information content (AvgIpc) is 3.15. The lowest BCUT2D eigenvalue weighted by Crippen LogP contribution is -2.30. The molecule has 146 valence electrons. The molecule has 3 aromatic rings. The highest BCUT2D eigenvalue weighted by Gasteiger charge is 2.18. The van der Waals surface area contributed by atoms with Crippen molar-refractivity contribution < 1.29 is 0 Å². The van der Waals surface area contributed by atoms with Gasteiger partial charge in [-0.05, 0) is 56.5 Å². The topological polar surface area (TPSA) is 34.0 Å². The van der Waals surface area contributed by atoms with Crippen molar-refractivity contribution in [3.05, 3.63) is 72.1 Å². The van der Waals surface area contributed by atoms with Crippen molar-refractivity contribution in [1.82, 2.24) is 19.7 Å². The first-order chi connectivity index (χ1) is 13.9. The zero-order chi connectivity index (χ0) is 19.0. The summed E-state index contributed by atoms with van der Waals surface area (Å²) >= 11 is 1.81. The number of aromatic nitrogens is 3. The van der Waals surface area contributed by atoms with E-state index in [9.17, 15) is 0 Å². The van der Waals surface area contributed by atoms with E-state index in [-0.39, 0.29) is 0 Å². The van der Waals surface area contributed by atoms with Crippen LogP contribution in [-0.4, -0.2) is 38.5 Å². The van der Waals surface area contributed by atoms with E-state index in [2.05, 4.69) is 80.3 Å². The molecule has 4 nitrogen and oxygen atoms in total. The molecule has 1 fully saturated rings. The Labute approximate surface area is 172 Å². The SMILES string of the molecule is c1ccc(CCCSc2nnc(CN3CCCCC3)n2-c2ccccc2)cc1. The van der Waals surface area contributed by atoms with E-state index < -0.39 is 0 Å².